The second-order valence-corrected chi connectivity index (χ2v) is 4.90. The predicted molar refractivity (Wildman–Crippen MR) is 83.0 cm³/mol. The van der Waals surface area contributed by atoms with Crippen molar-refractivity contribution in [2.75, 3.05) is 18.1 Å². The van der Waals surface area contributed by atoms with Crippen LogP contribution in [0.1, 0.15) is 6.42 Å². The lowest BCUT2D eigenvalue weighted by molar-refractivity contribution is 0.283. The molecule has 5 heteroatoms. The van der Waals surface area contributed by atoms with Gasteiger partial charge in [-0.2, -0.15) is 4.98 Å². The molecule has 1 heterocycles. The van der Waals surface area contributed by atoms with E-state index in [0.29, 0.717) is 24.1 Å². The highest BCUT2D eigenvalue weighted by Crippen LogP contribution is 2.26. The van der Waals surface area contributed by atoms with E-state index in [4.69, 9.17) is 9.47 Å². The van der Waals surface area contributed by atoms with Crippen LogP contribution in [0.2, 0.25) is 0 Å². The molecule has 0 spiro atoms. The lowest BCUT2D eigenvalue weighted by Gasteiger charge is -2.10. The Kier molecular flexibility index (Phi) is 5.38. The first-order valence-corrected chi connectivity index (χ1v) is 7.53. The summed E-state index contributed by atoms with van der Waals surface area (Å²) in [5, 5.41) is 0. The van der Waals surface area contributed by atoms with Gasteiger partial charge in [0.05, 0.1) is 19.9 Å². The number of halogens is 1. The van der Waals surface area contributed by atoms with Crippen LogP contribution < -0.4 is 9.47 Å². The minimum absolute atomic E-state index is 0.501. The van der Waals surface area contributed by atoms with Crippen molar-refractivity contribution in [1.82, 2.24) is 9.97 Å². The quantitative estimate of drug-likeness (QED) is 0.445. The Morgan fingerprint density at radius 3 is 2.68 bits per heavy atom. The SMILES string of the molecule is COc1cnc(-c2ccccc2)nc1OCCCI. The van der Waals surface area contributed by atoms with Crippen molar-refractivity contribution in [3.05, 3.63) is 36.5 Å². The largest absolute Gasteiger partial charge is 0.490 e. The molecule has 0 bridgehead atoms. The van der Waals surface area contributed by atoms with E-state index in [9.17, 15) is 0 Å². The van der Waals surface area contributed by atoms with Gasteiger partial charge in [0.25, 0.3) is 5.88 Å². The van der Waals surface area contributed by atoms with E-state index in [0.717, 1.165) is 16.4 Å². The molecule has 0 saturated carbocycles. The minimum Gasteiger partial charge on any atom is -0.490 e. The third-order valence-electron chi connectivity index (χ3n) is 2.49. The van der Waals surface area contributed by atoms with Crippen LogP contribution in [0.5, 0.6) is 11.6 Å². The summed E-state index contributed by atoms with van der Waals surface area (Å²) >= 11 is 2.32. The number of methoxy groups -OCH3 is 1. The monoisotopic (exact) mass is 370 g/mol. The van der Waals surface area contributed by atoms with Crippen molar-refractivity contribution >= 4 is 22.6 Å². The van der Waals surface area contributed by atoms with Crippen LogP contribution in [0, 0.1) is 0 Å². The first-order valence-electron chi connectivity index (χ1n) is 6.00. The van der Waals surface area contributed by atoms with Gasteiger partial charge in [0.1, 0.15) is 0 Å². The zero-order chi connectivity index (χ0) is 13.5. The molecule has 0 saturated heterocycles. The fourth-order valence-corrected chi connectivity index (χ4v) is 1.86. The van der Waals surface area contributed by atoms with Crippen molar-refractivity contribution in [2.24, 2.45) is 0 Å². The Morgan fingerprint density at radius 1 is 1.21 bits per heavy atom. The molecule has 0 aliphatic rings. The number of ether oxygens (including phenoxy) is 2. The van der Waals surface area contributed by atoms with Gasteiger partial charge >= 0.3 is 0 Å². The fraction of sp³-hybridized carbons (Fsp3) is 0.286. The summed E-state index contributed by atoms with van der Waals surface area (Å²) in [6.45, 7) is 0.630. The molecule has 2 aromatic rings. The molecule has 0 radical (unpaired) electrons. The number of rotatable bonds is 6. The molecule has 1 aromatic carbocycles. The smallest absolute Gasteiger partial charge is 0.260 e. The molecule has 0 aliphatic heterocycles. The van der Waals surface area contributed by atoms with Gasteiger partial charge in [-0.3, -0.25) is 0 Å². The van der Waals surface area contributed by atoms with Crippen LogP contribution in [0.15, 0.2) is 36.5 Å². The number of alkyl halides is 1. The standard InChI is InChI=1S/C14H15IN2O2/c1-18-12-10-16-13(11-6-3-2-4-7-11)17-14(12)19-9-5-8-15/h2-4,6-7,10H,5,8-9H2,1H3. The third-order valence-corrected chi connectivity index (χ3v) is 3.25. The third kappa shape index (κ3) is 3.79. The summed E-state index contributed by atoms with van der Waals surface area (Å²) < 4.78 is 11.9. The van der Waals surface area contributed by atoms with Gasteiger partial charge in [-0.15, -0.1) is 0 Å². The lowest BCUT2D eigenvalue weighted by Crippen LogP contribution is -2.03. The lowest BCUT2D eigenvalue weighted by atomic mass is 10.2. The Morgan fingerprint density at radius 2 is 2.00 bits per heavy atom. The zero-order valence-corrected chi connectivity index (χ0v) is 12.8. The van der Waals surface area contributed by atoms with Crippen LogP contribution in [-0.2, 0) is 0 Å². The summed E-state index contributed by atoms with van der Waals surface area (Å²) in [6, 6.07) is 9.82. The second-order valence-electron chi connectivity index (χ2n) is 3.82. The number of hydrogen-bond donors (Lipinski definition) is 0. The summed E-state index contributed by atoms with van der Waals surface area (Å²) in [7, 11) is 1.59. The van der Waals surface area contributed by atoms with E-state index in [1.807, 2.05) is 30.3 Å². The molecule has 100 valence electrons. The highest BCUT2D eigenvalue weighted by molar-refractivity contribution is 14.1. The molecule has 0 aliphatic carbocycles. The van der Waals surface area contributed by atoms with Crippen LogP contribution >= 0.6 is 22.6 Å². The number of aromatic nitrogens is 2. The van der Waals surface area contributed by atoms with Crippen molar-refractivity contribution in [2.45, 2.75) is 6.42 Å². The number of benzene rings is 1. The second kappa shape index (κ2) is 7.28. The predicted octanol–water partition coefficient (Wildman–Crippen LogP) is 3.36. The van der Waals surface area contributed by atoms with Gasteiger partial charge in [0.2, 0.25) is 0 Å². The van der Waals surface area contributed by atoms with E-state index >= 15 is 0 Å². The van der Waals surface area contributed by atoms with Gasteiger partial charge < -0.3 is 9.47 Å². The summed E-state index contributed by atoms with van der Waals surface area (Å²) in [5.41, 5.74) is 0.962. The van der Waals surface area contributed by atoms with Gasteiger partial charge in [0.15, 0.2) is 11.6 Å². The van der Waals surface area contributed by atoms with Crippen molar-refractivity contribution in [3.63, 3.8) is 0 Å². The minimum atomic E-state index is 0.501. The van der Waals surface area contributed by atoms with Crippen molar-refractivity contribution in [1.29, 1.82) is 0 Å². The highest BCUT2D eigenvalue weighted by Gasteiger charge is 2.10. The number of hydrogen-bond acceptors (Lipinski definition) is 4. The van der Waals surface area contributed by atoms with Crippen molar-refractivity contribution in [3.8, 4) is 23.0 Å². The first kappa shape index (κ1) is 14.0. The van der Waals surface area contributed by atoms with E-state index in [1.54, 1.807) is 13.3 Å². The molecule has 19 heavy (non-hydrogen) atoms. The van der Waals surface area contributed by atoms with E-state index in [2.05, 4.69) is 32.6 Å². The van der Waals surface area contributed by atoms with Gasteiger partial charge in [0, 0.05) is 9.99 Å². The average Bonchev–Trinajstić information content (AvgIpc) is 2.48. The van der Waals surface area contributed by atoms with Gasteiger partial charge in [-0.05, 0) is 6.42 Å². The topological polar surface area (TPSA) is 44.2 Å². The Balaban J connectivity index is 2.25. The molecule has 4 nitrogen and oxygen atoms in total. The highest BCUT2D eigenvalue weighted by atomic mass is 127. The van der Waals surface area contributed by atoms with Crippen LogP contribution in [-0.4, -0.2) is 28.1 Å². The number of nitrogens with zero attached hydrogens (tertiary/aromatic N) is 2. The maximum atomic E-state index is 5.65. The normalized spacial score (nSPS) is 10.2. The molecule has 0 amide bonds. The zero-order valence-electron chi connectivity index (χ0n) is 10.7. The molecule has 1 aromatic heterocycles. The first-order chi connectivity index (χ1) is 9.35. The summed E-state index contributed by atoms with van der Waals surface area (Å²) in [6.07, 6.45) is 2.63. The molecule has 0 unspecified atom stereocenters. The van der Waals surface area contributed by atoms with Crippen LogP contribution in [0.4, 0.5) is 0 Å². The van der Waals surface area contributed by atoms with E-state index in [1.165, 1.54) is 0 Å². The Hall–Kier alpha value is -1.37. The molecule has 2 rings (SSSR count). The fourth-order valence-electron chi connectivity index (χ4n) is 1.55. The van der Waals surface area contributed by atoms with E-state index in [-0.39, 0.29) is 0 Å². The molecular weight excluding hydrogens is 355 g/mol. The van der Waals surface area contributed by atoms with Gasteiger partial charge in [-0.1, -0.05) is 52.9 Å². The molecule has 0 N–H and O–H groups in total. The maximum Gasteiger partial charge on any atom is 0.260 e. The molecule has 0 fully saturated rings. The summed E-state index contributed by atoms with van der Waals surface area (Å²) in [5.74, 6) is 1.71. The van der Waals surface area contributed by atoms with Gasteiger partial charge in [-0.25, -0.2) is 4.98 Å². The van der Waals surface area contributed by atoms with Crippen molar-refractivity contribution < 1.29 is 9.47 Å². The van der Waals surface area contributed by atoms with E-state index < -0.39 is 0 Å². The Labute approximate surface area is 126 Å². The Bertz CT molecular complexity index is 520. The molecular formula is C14H15IN2O2. The maximum absolute atomic E-state index is 5.65. The average molecular weight is 370 g/mol. The van der Waals surface area contributed by atoms with Crippen LogP contribution in [0.3, 0.4) is 0 Å². The van der Waals surface area contributed by atoms with Crippen LogP contribution in [0.25, 0.3) is 11.4 Å². The summed E-state index contributed by atoms with van der Waals surface area (Å²) in [4.78, 5) is 8.72. The molecule has 0 atom stereocenters.